The molecular formula is C25H31N5O2. The molecule has 32 heavy (non-hydrogen) atoms. The number of aryl methyl sites for hydroxylation is 2. The molecule has 0 aliphatic carbocycles. The van der Waals surface area contributed by atoms with Crippen LogP contribution >= 0.6 is 0 Å². The van der Waals surface area contributed by atoms with Gasteiger partial charge in [0, 0.05) is 74.8 Å². The fraction of sp³-hybridized carbons (Fsp3) is 0.480. The average Bonchev–Trinajstić information content (AvgIpc) is 3.27. The number of rotatable bonds is 4. The van der Waals surface area contributed by atoms with Crippen molar-refractivity contribution in [3.8, 4) is 11.3 Å². The number of aromatic nitrogens is 3. The fourth-order valence-corrected chi connectivity index (χ4v) is 5.04. The Labute approximate surface area is 188 Å². The van der Waals surface area contributed by atoms with Crippen molar-refractivity contribution in [3.63, 3.8) is 0 Å². The molecule has 7 heteroatoms. The zero-order valence-corrected chi connectivity index (χ0v) is 18.8. The van der Waals surface area contributed by atoms with Gasteiger partial charge in [-0.15, -0.1) is 0 Å². The molecule has 1 aromatic carbocycles. The van der Waals surface area contributed by atoms with E-state index in [-0.39, 0.29) is 18.2 Å². The fourth-order valence-electron chi connectivity index (χ4n) is 5.04. The number of carbonyl (C=O) groups excluding carboxylic acids is 2. The smallest absolute Gasteiger partial charge is 0.228 e. The van der Waals surface area contributed by atoms with Crippen molar-refractivity contribution in [3.05, 3.63) is 36.5 Å². The molecule has 0 bridgehead atoms. The number of hydrogen-bond donors (Lipinski definition) is 0. The molecule has 168 valence electrons. The minimum Gasteiger partial charge on any atom is -0.350 e. The van der Waals surface area contributed by atoms with Gasteiger partial charge in [0.2, 0.25) is 11.8 Å². The van der Waals surface area contributed by atoms with E-state index < -0.39 is 0 Å². The van der Waals surface area contributed by atoms with E-state index in [1.165, 1.54) is 12.8 Å². The lowest BCUT2D eigenvalue weighted by molar-refractivity contribution is -0.133. The van der Waals surface area contributed by atoms with E-state index in [2.05, 4.69) is 22.9 Å². The Hall–Kier alpha value is -3.09. The number of likely N-dealkylation sites (tertiary alicyclic amines) is 1. The lowest BCUT2D eigenvalue weighted by Gasteiger charge is -2.28. The third kappa shape index (κ3) is 3.92. The summed E-state index contributed by atoms with van der Waals surface area (Å²) in [4.78, 5) is 29.5. The molecule has 5 rings (SSSR count). The molecule has 7 nitrogen and oxygen atoms in total. The van der Waals surface area contributed by atoms with Crippen molar-refractivity contribution in [2.75, 3.05) is 24.5 Å². The first kappa shape index (κ1) is 20.8. The molecule has 3 aromatic rings. The maximum Gasteiger partial charge on any atom is 0.228 e. The first-order valence-corrected chi connectivity index (χ1v) is 11.8. The highest BCUT2D eigenvalue weighted by Gasteiger charge is 2.27. The normalized spacial score (nSPS) is 16.8. The van der Waals surface area contributed by atoms with Crippen LogP contribution in [0.2, 0.25) is 0 Å². The number of hydrogen-bond acceptors (Lipinski definition) is 3. The van der Waals surface area contributed by atoms with Crippen LogP contribution in [0.25, 0.3) is 22.2 Å². The van der Waals surface area contributed by atoms with Crippen LogP contribution in [0.4, 0.5) is 5.82 Å². The van der Waals surface area contributed by atoms with Crippen molar-refractivity contribution in [1.29, 1.82) is 0 Å². The van der Waals surface area contributed by atoms with Gasteiger partial charge in [0.05, 0.1) is 5.69 Å². The Morgan fingerprint density at radius 3 is 2.47 bits per heavy atom. The van der Waals surface area contributed by atoms with E-state index in [0.29, 0.717) is 13.0 Å². The van der Waals surface area contributed by atoms with Gasteiger partial charge in [0.25, 0.3) is 0 Å². The van der Waals surface area contributed by atoms with Gasteiger partial charge in [-0.05, 0) is 25.3 Å². The number of benzene rings is 1. The lowest BCUT2D eigenvalue weighted by atomic mass is 10.1. The van der Waals surface area contributed by atoms with Gasteiger partial charge in [-0.1, -0.05) is 31.0 Å². The van der Waals surface area contributed by atoms with E-state index >= 15 is 0 Å². The Morgan fingerprint density at radius 2 is 1.66 bits per heavy atom. The number of fused-ring (bicyclic) bond motifs is 2. The molecule has 0 unspecified atom stereocenters. The van der Waals surface area contributed by atoms with Gasteiger partial charge >= 0.3 is 0 Å². The minimum atomic E-state index is 0.0125. The molecule has 1 saturated heterocycles. The third-order valence-electron chi connectivity index (χ3n) is 6.77. The lowest BCUT2D eigenvalue weighted by Crippen LogP contribution is -2.38. The highest BCUT2D eigenvalue weighted by atomic mass is 16.2. The molecular weight excluding hydrogens is 402 g/mol. The monoisotopic (exact) mass is 433 g/mol. The van der Waals surface area contributed by atoms with Crippen LogP contribution in [0.5, 0.6) is 0 Å². The van der Waals surface area contributed by atoms with Crippen LogP contribution in [-0.2, 0) is 23.2 Å². The first-order chi connectivity index (χ1) is 15.6. The second kappa shape index (κ2) is 8.81. The minimum absolute atomic E-state index is 0.0125. The SMILES string of the molecule is Cn1cc(-c2cc3n(n2)CCCN3C(=O)CCC(=O)N2CCCCCC2)c2ccccc21. The van der Waals surface area contributed by atoms with E-state index in [1.807, 2.05) is 39.7 Å². The molecule has 2 amide bonds. The van der Waals surface area contributed by atoms with Crippen LogP contribution in [0.3, 0.4) is 0 Å². The van der Waals surface area contributed by atoms with Crippen LogP contribution in [0, 0.1) is 0 Å². The summed E-state index contributed by atoms with van der Waals surface area (Å²) in [7, 11) is 2.04. The Balaban J connectivity index is 1.33. The molecule has 1 fully saturated rings. The molecule has 4 heterocycles. The number of carbonyl (C=O) groups is 2. The summed E-state index contributed by atoms with van der Waals surface area (Å²) < 4.78 is 4.05. The molecule has 0 atom stereocenters. The molecule has 2 aliphatic rings. The molecule has 0 spiro atoms. The molecule has 0 saturated carbocycles. The summed E-state index contributed by atoms with van der Waals surface area (Å²) in [6.07, 6.45) is 8.05. The zero-order chi connectivity index (χ0) is 22.1. The largest absolute Gasteiger partial charge is 0.350 e. The van der Waals surface area contributed by atoms with Gasteiger partial charge in [0.1, 0.15) is 5.82 Å². The van der Waals surface area contributed by atoms with Crippen molar-refractivity contribution in [1.82, 2.24) is 19.2 Å². The Bertz CT molecular complexity index is 1140. The third-order valence-corrected chi connectivity index (χ3v) is 6.77. The standard InChI is InChI=1S/C25H31N5O2/c1-27-18-20(19-9-4-5-10-22(19)27)21-17-23-29(15-8-16-30(23)26-21)25(32)12-11-24(31)28-13-6-2-3-7-14-28/h4-5,9-10,17-18H,2-3,6-8,11-16H2,1H3. The topological polar surface area (TPSA) is 63.4 Å². The zero-order valence-electron chi connectivity index (χ0n) is 18.8. The Kier molecular flexibility index (Phi) is 5.72. The van der Waals surface area contributed by atoms with Crippen molar-refractivity contribution in [2.24, 2.45) is 7.05 Å². The summed E-state index contributed by atoms with van der Waals surface area (Å²) in [5, 5.41) is 5.99. The van der Waals surface area contributed by atoms with Crippen LogP contribution in [0.1, 0.15) is 44.9 Å². The van der Waals surface area contributed by atoms with Crippen molar-refractivity contribution in [2.45, 2.75) is 51.5 Å². The summed E-state index contributed by atoms with van der Waals surface area (Å²) in [5.74, 6) is 0.965. The quantitative estimate of drug-likeness (QED) is 0.626. The second-order valence-corrected chi connectivity index (χ2v) is 8.98. The number of anilines is 1. The van der Waals surface area contributed by atoms with E-state index in [1.54, 1.807) is 0 Å². The number of para-hydroxylation sites is 1. The van der Waals surface area contributed by atoms with E-state index in [0.717, 1.165) is 66.9 Å². The highest BCUT2D eigenvalue weighted by Crippen LogP contribution is 2.33. The second-order valence-electron chi connectivity index (χ2n) is 8.98. The summed E-state index contributed by atoms with van der Waals surface area (Å²) >= 11 is 0. The maximum absolute atomic E-state index is 13.1. The molecule has 2 aromatic heterocycles. The van der Waals surface area contributed by atoms with Crippen molar-refractivity contribution < 1.29 is 9.59 Å². The summed E-state index contributed by atoms with van der Waals surface area (Å²) in [5.41, 5.74) is 3.12. The maximum atomic E-state index is 13.1. The van der Waals surface area contributed by atoms with Crippen LogP contribution in [0.15, 0.2) is 36.5 Å². The van der Waals surface area contributed by atoms with Gasteiger partial charge < -0.3 is 9.47 Å². The highest BCUT2D eigenvalue weighted by molar-refractivity contribution is 5.98. The number of amides is 2. The predicted octanol–water partition coefficient (Wildman–Crippen LogP) is 3.96. The van der Waals surface area contributed by atoms with Crippen LogP contribution in [-0.4, -0.2) is 50.7 Å². The van der Waals surface area contributed by atoms with Gasteiger partial charge in [-0.3, -0.25) is 14.5 Å². The Morgan fingerprint density at radius 1 is 0.906 bits per heavy atom. The molecule has 2 aliphatic heterocycles. The van der Waals surface area contributed by atoms with Gasteiger partial charge in [0.15, 0.2) is 0 Å². The molecule has 0 radical (unpaired) electrons. The molecule has 0 N–H and O–H groups in total. The average molecular weight is 434 g/mol. The van der Waals surface area contributed by atoms with Gasteiger partial charge in [-0.25, -0.2) is 4.68 Å². The van der Waals surface area contributed by atoms with Crippen molar-refractivity contribution >= 4 is 28.5 Å². The number of nitrogens with zero attached hydrogens (tertiary/aromatic N) is 5. The van der Waals surface area contributed by atoms with Crippen LogP contribution < -0.4 is 4.90 Å². The van der Waals surface area contributed by atoms with E-state index in [4.69, 9.17) is 5.10 Å². The summed E-state index contributed by atoms with van der Waals surface area (Å²) in [6, 6.07) is 10.3. The van der Waals surface area contributed by atoms with E-state index in [9.17, 15) is 9.59 Å². The van der Waals surface area contributed by atoms with Gasteiger partial charge in [-0.2, -0.15) is 5.10 Å². The summed E-state index contributed by atoms with van der Waals surface area (Å²) in [6.45, 7) is 3.14. The predicted molar refractivity (Wildman–Crippen MR) is 125 cm³/mol. The first-order valence-electron chi connectivity index (χ1n) is 11.8.